The molecule has 208 valence electrons. The molecule has 1 unspecified atom stereocenters. The van der Waals surface area contributed by atoms with Crippen molar-refractivity contribution >= 4 is 23.7 Å². The van der Waals surface area contributed by atoms with E-state index in [0.717, 1.165) is 11.9 Å². The Morgan fingerprint density at radius 2 is 1.84 bits per heavy atom. The SMILES string of the molecule is Cc1cc(C2=NOC(c3cn(C)nc3C(F)(F)F)(C(F)(F)F)C2)ccc1N(C=O)CC(=O)NCC(F)(F)F. The molecule has 0 fully saturated rings. The van der Waals surface area contributed by atoms with Crippen LogP contribution in [0.1, 0.15) is 28.8 Å². The van der Waals surface area contributed by atoms with E-state index < -0.39 is 60.8 Å². The van der Waals surface area contributed by atoms with Gasteiger partial charge >= 0.3 is 18.5 Å². The predicted molar refractivity (Wildman–Crippen MR) is 112 cm³/mol. The average molecular weight is 559 g/mol. The number of amides is 2. The first-order valence-corrected chi connectivity index (χ1v) is 10.5. The van der Waals surface area contributed by atoms with E-state index in [4.69, 9.17) is 0 Å². The second-order valence-electron chi connectivity index (χ2n) is 8.32. The molecule has 0 saturated heterocycles. The molecule has 8 nitrogen and oxygen atoms in total. The third kappa shape index (κ3) is 5.85. The molecule has 0 bridgehead atoms. The van der Waals surface area contributed by atoms with Crippen molar-refractivity contribution in [2.75, 3.05) is 18.0 Å². The van der Waals surface area contributed by atoms with E-state index in [2.05, 4.69) is 15.1 Å². The molecule has 2 heterocycles. The zero-order valence-electron chi connectivity index (χ0n) is 19.4. The summed E-state index contributed by atoms with van der Waals surface area (Å²) in [5, 5.41) is 8.11. The van der Waals surface area contributed by atoms with Gasteiger partial charge in [-0.05, 0) is 30.2 Å². The lowest BCUT2D eigenvalue weighted by Gasteiger charge is -2.29. The first-order valence-electron chi connectivity index (χ1n) is 10.5. The van der Waals surface area contributed by atoms with Gasteiger partial charge in [-0.1, -0.05) is 11.2 Å². The van der Waals surface area contributed by atoms with Crippen LogP contribution < -0.4 is 10.2 Å². The Labute approximate surface area is 208 Å². The lowest BCUT2D eigenvalue weighted by molar-refractivity contribution is -0.277. The summed E-state index contributed by atoms with van der Waals surface area (Å²) in [6.45, 7) is -1.02. The van der Waals surface area contributed by atoms with E-state index in [9.17, 15) is 49.1 Å². The highest BCUT2D eigenvalue weighted by Crippen LogP contribution is 2.51. The van der Waals surface area contributed by atoms with Crippen LogP contribution in [0.25, 0.3) is 0 Å². The summed E-state index contributed by atoms with van der Waals surface area (Å²) < 4.78 is 120. The fourth-order valence-electron chi connectivity index (χ4n) is 3.78. The van der Waals surface area contributed by atoms with Gasteiger partial charge in [0.1, 0.15) is 13.1 Å². The molecule has 0 saturated carbocycles. The van der Waals surface area contributed by atoms with Crippen LogP contribution >= 0.6 is 0 Å². The summed E-state index contributed by atoms with van der Waals surface area (Å²) in [6.07, 6.45) is -15.7. The Bertz CT molecular complexity index is 1250. The molecule has 2 amide bonds. The van der Waals surface area contributed by atoms with Gasteiger partial charge in [-0.3, -0.25) is 14.3 Å². The second-order valence-corrected chi connectivity index (χ2v) is 8.32. The topological polar surface area (TPSA) is 88.8 Å². The van der Waals surface area contributed by atoms with Gasteiger partial charge in [-0.25, -0.2) is 0 Å². The summed E-state index contributed by atoms with van der Waals surface area (Å²) in [7, 11) is 1.02. The van der Waals surface area contributed by atoms with Crippen LogP contribution in [-0.2, 0) is 33.3 Å². The third-order valence-corrected chi connectivity index (χ3v) is 5.48. The molecule has 1 aromatic carbocycles. The minimum Gasteiger partial charge on any atom is -0.374 e. The van der Waals surface area contributed by atoms with E-state index >= 15 is 0 Å². The van der Waals surface area contributed by atoms with Crippen molar-refractivity contribution in [2.24, 2.45) is 12.2 Å². The maximum atomic E-state index is 14.2. The molecule has 3 rings (SSSR count). The number of halogens is 9. The number of hydrogen-bond acceptors (Lipinski definition) is 5. The summed E-state index contributed by atoms with van der Waals surface area (Å²) in [6, 6.07) is 3.61. The molecule has 1 atom stereocenters. The van der Waals surface area contributed by atoms with Gasteiger partial charge in [-0.15, -0.1) is 0 Å². The van der Waals surface area contributed by atoms with Crippen LogP contribution in [0.3, 0.4) is 0 Å². The van der Waals surface area contributed by atoms with Crippen molar-refractivity contribution in [1.82, 2.24) is 15.1 Å². The highest BCUT2D eigenvalue weighted by atomic mass is 19.4. The molecule has 0 radical (unpaired) electrons. The van der Waals surface area contributed by atoms with Crippen molar-refractivity contribution in [3.63, 3.8) is 0 Å². The molecular formula is C21H18F9N5O3. The summed E-state index contributed by atoms with van der Waals surface area (Å²) in [4.78, 5) is 28.7. The molecule has 1 aliphatic heterocycles. The van der Waals surface area contributed by atoms with Crippen molar-refractivity contribution in [3.8, 4) is 0 Å². The van der Waals surface area contributed by atoms with Gasteiger partial charge in [0.15, 0.2) is 5.69 Å². The highest BCUT2D eigenvalue weighted by molar-refractivity contribution is 6.02. The second kappa shape index (κ2) is 9.83. The van der Waals surface area contributed by atoms with Crippen LogP contribution in [0.15, 0.2) is 29.6 Å². The molecule has 0 aliphatic carbocycles. The lowest BCUT2D eigenvalue weighted by Crippen LogP contribution is -2.43. The quantitative estimate of drug-likeness (QED) is 0.411. The number of anilines is 1. The van der Waals surface area contributed by atoms with Crippen LogP contribution in [-0.4, -0.2) is 53.3 Å². The number of carbonyl (C=O) groups excluding carboxylic acids is 2. The minimum atomic E-state index is -5.34. The molecule has 1 aliphatic rings. The summed E-state index contributed by atoms with van der Waals surface area (Å²) >= 11 is 0. The summed E-state index contributed by atoms with van der Waals surface area (Å²) in [5.74, 6) is -1.13. The van der Waals surface area contributed by atoms with E-state index in [1.807, 2.05) is 0 Å². The zero-order chi connectivity index (χ0) is 28.7. The number of benzene rings is 1. The molecule has 1 N–H and O–H groups in total. The molecule has 0 spiro atoms. The van der Waals surface area contributed by atoms with E-state index in [1.54, 1.807) is 5.32 Å². The molecule has 38 heavy (non-hydrogen) atoms. The minimum absolute atomic E-state index is 0.00203. The van der Waals surface area contributed by atoms with Crippen molar-refractivity contribution in [1.29, 1.82) is 0 Å². The number of rotatable bonds is 7. The number of nitrogens with one attached hydrogen (secondary N) is 1. The molecule has 2 aromatic rings. The van der Waals surface area contributed by atoms with Gasteiger partial charge < -0.3 is 15.1 Å². The molecule has 17 heteroatoms. The Balaban J connectivity index is 1.88. The van der Waals surface area contributed by atoms with Gasteiger partial charge in [0, 0.05) is 18.9 Å². The fraction of sp³-hybridized carbons (Fsp3) is 0.429. The number of nitrogens with zero attached hydrogens (tertiary/aromatic N) is 4. The van der Waals surface area contributed by atoms with Crippen LogP contribution in [0.2, 0.25) is 0 Å². The zero-order valence-corrected chi connectivity index (χ0v) is 19.4. The smallest absolute Gasteiger partial charge is 0.374 e. The summed E-state index contributed by atoms with van der Waals surface area (Å²) in [5.41, 5.74) is -6.67. The Morgan fingerprint density at radius 1 is 1.18 bits per heavy atom. The van der Waals surface area contributed by atoms with Gasteiger partial charge in [0.25, 0.3) is 5.60 Å². The van der Waals surface area contributed by atoms with E-state index in [-0.39, 0.29) is 28.9 Å². The van der Waals surface area contributed by atoms with Crippen molar-refractivity contribution in [2.45, 2.75) is 37.5 Å². The van der Waals surface area contributed by atoms with Gasteiger partial charge in [0.05, 0.1) is 17.7 Å². The number of hydrogen-bond donors (Lipinski definition) is 1. The normalized spacial score (nSPS) is 18.1. The average Bonchev–Trinajstić information content (AvgIpc) is 3.40. The Kier molecular flexibility index (Phi) is 7.44. The van der Waals surface area contributed by atoms with E-state index in [1.165, 1.54) is 25.1 Å². The maximum Gasteiger partial charge on any atom is 0.435 e. The first kappa shape index (κ1) is 28.8. The Hall–Kier alpha value is -3.79. The van der Waals surface area contributed by atoms with E-state index in [0.29, 0.717) is 10.9 Å². The van der Waals surface area contributed by atoms with Crippen molar-refractivity contribution < 1.29 is 53.9 Å². The highest BCUT2D eigenvalue weighted by Gasteiger charge is 2.65. The number of aryl methyl sites for hydroxylation is 2. The van der Waals surface area contributed by atoms with Crippen LogP contribution in [0, 0.1) is 6.92 Å². The predicted octanol–water partition coefficient (Wildman–Crippen LogP) is 3.97. The fourth-order valence-corrected chi connectivity index (χ4v) is 3.78. The molecule has 1 aromatic heterocycles. The number of aromatic nitrogens is 2. The third-order valence-electron chi connectivity index (χ3n) is 5.48. The lowest BCUT2D eigenvalue weighted by atomic mass is 9.86. The number of carbonyl (C=O) groups is 2. The van der Waals surface area contributed by atoms with Crippen LogP contribution in [0.5, 0.6) is 0 Å². The standard InChI is InChI=1S/C21H18F9N5O3/c1-11-5-12(3-4-15(11)35(10-36)8-16(37)31-9-19(22,23)24)14-6-18(38-33-14,21(28,29)30)13-7-34(2)32-17(13)20(25,26)27/h3-5,7,10H,6,8-9H2,1-2H3,(H,31,37). The number of alkyl halides is 9. The van der Waals surface area contributed by atoms with Crippen molar-refractivity contribution in [3.05, 3.63) is 46.8 Å². The largest absolute Gasteiger partial charge is 0.435 e. The maximum absolute atomic E-state index is 14.2. The monoisotopic (exact) mass is 559 g/mol. The van der Waals surface area contributed by atoms with Gasteiger partial charge in [-0.2, -0.15) is 44.6 Å². The van der Waals surface area contributed by atoms with Crippen LogP contribution in [0.4, 0.5) is 45.2 Å². The Morgan fingerprint density at radius 3 is 2.37 bits per heavy atom. The van der Waals surface area contributed by atoms with Gasteiger partial charge in [0.2, 0.25) is 12.3 Å². The molecular weight excluding hydrogens is 541 g/mol. The first-order chi connectivity index (χ1) is 17.4. The number of oxime groups is 1.